The Balaban J connectivity index is 1.93. The van der Waals surface area contributed by atoms with Gasteiger partial charge in [0.15, 0.2) is 11.5 Å². The predicted molar refractivity (Wildman–Crippen MR) is 103 cm³/mol. The highest BCUT2D eigenvalue weighted by molar-refractivity contribution is 6.31. The van der Waals surface area contributed by atoms with Gasteiger partial charge in [-0.2, -0.15) is 0 Å². The largest absolute Gasteiger partial charge is 0.361 e. The Morgan fingerprint density at radius 2 is 1.88 bits per heavy atom. The zero-order valence-electron chi connectivity index (χ0n) is 14.0. The summed E-state index contributed by atoms with van der Waals surface area (Å²) >= 11 is 5.90. The maximum Gasteiger partial charge on any atom is 0.198 e. The van der Waals surface area contributed by atoms with Crippen molar-refractivity contribution in [2.45, 2.75) is 6.92 Å². The summed E-state index contributed by atoms with van der Waals surface area (Å²) in [4.78, 5) is 12.9. The van der Waals surface area contributed by atoms with E-state index in [1.165, 1.54) is 0 Å². The molecule has 3 rings (SSSR count). The number of benzene rings is 2. The van der Waals surface area contributed by atoms with Crippen LogP contribution in [0.2, 0.25) is 5.02 Å². The van der Waals surface area contributed by atoms with Crippen molar-refractivity contribution in [3.63, 3.8) is 0 Å². The second-order valence-corrected chi connectivity index (χ2v) is 6.03. The molecule has 0 atom stereocenters. The fourth-order valence-electron chi connectivity index (χ4n) is 2.31. The van der Waals surface area contributed by atoms with Crippen molar-refractivity contribution in [1.29, 1.82) is 0 Å². The summed E-state index contributed by atoms with van der Waals surface area (Å²) in [6, 6.07) is 15.7. The van der Waals surface area contributed by atoms with Gasteiger partial charge in [-0.05, 0) is 55.5 Å². The third-order valence-corrected chi connectivity index (χ3v) is 3.93. The minimum Gasteiger partial charge on any atom is -0.361 e. The van der Waals surface area contributed by atoms with Gasteiger partial charge in [-0.1, -0.05) is 22.7 Å². The molecule has 0 saturated heterocycles. The third kappa shape index (κ3) is 4.02. The van der Waals surface area contributed by atoms with Gasteiger partial charge in [0, 0.05) is 34.1 Å². The lowest BCUT2D eigenvalue weighted by Crippen LogP contribution is -2.04. The molecule has 2 aromatic carbocycles. The molecule has 26 heavy (non-hydrogen) atoms. The minimum atomic E-state index is -0.203. The maximum atomic E-state index is 12.9. The molecular weight excluding hydrogens is 348 g/mol. The van der Waals surface area contributed by atoms with Crippen LogP contribution in [-0.2, 0) is 0 Å². The molecule has 0 bridgehead atoms. The molecule has 4 nitrogen and oxygen atoms in total. The van der Waals surface area contributed by atoms with Crippen molar-refractivity contribution in [1.82, 2.24) is 5.16 Å². The van der Waals surface area contributed by atoms with Gasteiger partial charge in [0.25, 0.3) is 0 Å². The normalized spacial score (nSPS) is 11.0. The van der Waals surface area contributed by atoms with E-state index in [4.69, 9.17) is 22.5 Å². The number of halogens is 1. The zero-order chi connectivity index (χ0) is 18.5. The maximum absolute atomic E-state index is 12.9. The van der Waals surface area contributed by atoms with Crippen molar-refractivity contribution >= 4 is 28.6 Å². The fourth-order valence-corrected chi connectivity index (χ4v) is 2.44. The smallest absolute Gasteiger partial charge is 0.198 e. The van der Waals surface area contributed by atoms with Gasteiger partial charge < -0.3 is 9.84 Å². The van der Waals surface area contributed by atoms with Crippen molar-refractivity contribution in [2.75, 3.05) is 5.32 Å². The first kappa shape index (κ1) is 17.5. The Hall–Kier alpha value is -3.29. The van der Waals surface area contributed by atoms with Crippen LogP contribution in [0.15, 0.2) is 65.3 Å². The first-order valence-corrected chi connectivity index (χ1v) is 8.22. The van der Waals surface area contributed by atoms with E-state index < -0.39 is 0 Å². The number of anilines is 1. The summed E-state index contributed by atoms with van der Waals surface area (Å²) in [5.41, 5.74) is 3.12. The first-order valence-electron chi connectivity index (χ1n) is 7.84. The Morgan fingerprint density at radius 3 is 2.46 bits per heavy atom. The van der Waals surface area contributed by atoms with E-state index in [1.807, 2.05) is 24.3 Å². The summed E-state index contributed by atoms with van der Waals surface area (Å²) in [5.74, 6) is 2.74. The van der Waals surface area contributed by atoms with Crippen LogP contribution in [0.5, 0.6) is 0 Å². The first-order chi connectivity index (χ1) is 12.6. The monoisotopic (exact) mass is 362 g/mol. The topological polar surface area (TPSA) is 55.1 Å². The summed E-state index contributed by atoms with van der Waals surface area (Å²) in [5, 5.41) is 7.53. The second-order valence-electron chi connectivity index (χ2n) is 5.59. The van der Waals surface area contributed by atoms with Crippen LogP contribution in [0.1, 0.15) is 27.4 Å². The molecule has 5 heteroatoms. The highest BCUT2D eigenvalue weighted by Crippen LogP contribution is 2.22. The predicted octanol–water partition coefficient (Wildman–Crippen LogP) is 4.95. The number of nitrogens with zero attached hydrogens (tertiary/aromatic N) is 1. The summed E-state index contributed by atoms with van der Waals surface area (Å²) in [6.07, 6.45) is 6.96. The number of rotatable bonds is 5. The third-order valence-electron chi connectivity index (χ3n) is 3.68. The van der Waals surface area contributed by atoms with E-state index >= 15 is 0 Å². The van der Waals surface area contributed by atoms with Crippen LogP contribution < -0.4 is 5.32 Å². The van der Waals surface area contributed by atoms with Crippen molar-refractivity contribution in [3.05, 3.63) is 88.4 Å². The molecule has 3 aromatic rings. The van der Waals surface area contributed by atoms with E-state index in [0.717, 1.165) is 11.3 Å². The van der Waals surface area contributed by atoms with Gasteiger partial charge in [0.05, 0.1) is 11.3 Å². The highest BCUT2D eigenvalue weighted by Gasteiger charge is 2.18. The van der Waals surface area contributed by atoms with Crippen LogP contribution in [-0.4, -0.2) is 10.9 Å². The number of ketones is 1. The Labute approximate surface area is 156 Å². The molecule has 0 amide bonds. The average molecular weight is 363 g/mol. The number of nitrogens with one attached hydrogen (secondary N) is 1. The zero-order valence-corrected chi connectivity index (χ0v) is 14.7. The number of terminal acetylenes is 1. The van der Waals surface area contributed by atoms with Crippen LogP contribution in [0.3, 0.4) is 0 Å². The molecule has 0 aliphatic rings. The lowest BCUT2D eigenvalue weighted by Gasteiger charge is -2.06. The molecule has 128 valence electrons. The quantitative estimate of drug-likeness (QED) is 0.396. The molecule has 0 spiro atoms. The van der Waals surface area contributed by atoms with E-state index in [2.05, 4.69) is 16.4 Å². The Bertz CT molecular complexity index is 994. The van der Waals surface area contributed by atoms with Gasteiger partial charge in [-0.15, -0.1) is 6.42 Å². The molecule has 0 fully saturated rings. The van der Waals surface area contributed by atoms with E-state index in [-0.39, 0.29) is 5.78 Å². The van der Waals surface area contributed by atoms with Crippen molar-refractivity contribution in [3.8, 4) is 12.3 Å². The number of hydrogen-bond donors (Lipinski definition) is 1. The van der Waals surface area contributed by atoms with Gasteiger partial charge in [-0.25, -0.2) is 0 Å². The fraction of sp³-hybridized carbons (Fsp3) is 0.0476. The van der Waals surface area contributed by atoms with Crippen LogP contribution in [0.25, 0.3) is 5.57 Å². The standard InChI is InChI=1S/C21H15ClN2O2/c1-3-15-4-10-18(11-5-15)23-13-19(20-12-14(2)24-26-20)21(25)16-6-8-17(22)9-7-16/h1,4-13,23H,2H3. The molecule has 0 unspecified atom stereocenters. The number of hydrogen-bond acceptors (Lipinski definition) is 4. The van der Waals surface area contributed by atoms with E-state index in [0.29, 0.717) is 27.6 Å². The molecule has 0 aliphatic carbocycles. The molecule has 1 heterocycles. The van der Waals surface area contributed by atoms with Crippen LogP contribution in [0, 0.1) is 19.3 Å². The molecule has 1 aromatic heterocycles. The number of aryl methyl sites for hydroxylation is 1. The molecular formula is C21H15ClN2O2. The number of carbonyl (C=O) groups is 1. The van der Waals surface area contributed by atoms with Gasteiger partial charge in [-0.3, -0.25) is 4.79 Å². The number of aromatic nitrogens is 1. The number of allylic oxidation sites excluding steroid dienone is 1. The average Bonchev–Trinajstić information content (AvgIpc) is 3.09. The molecule has 0 saturated carbocycles. The van der Waals surface area contributed by atoms with Crippen LogP contribution >= 0.6 is 11.6 Å². The van der Waals surface area contributed by atoms with E-state index in [1.54, 1.807) is 43.5 Å². The highest BCUT2D eigenvalue weighted by atomic mass is 35.5. The SMILES string of the molecule is C#Cc1ccc(NC=C(C(=O)c2ccc(Cl)cc2)c2cc(C)no2)cc1. The second kappa shape index (κ2) is 7.73. The van der Waals surface area contributed by atoms with Gasteiger partial charge in [0.1, 0.15) is 0 Å². The molecule has 0 radical (unpaired) electrons. The van der Waals surface area contributed by atoms with Crippen molar-refractivity contribution in [2.24, 2.45) is 0 Å². The molecule has 1 N–H and O–H groups in total. The lowest BCUT2D eigenvalue weighted by molar-refractivity contribution is 0.105. The minimum absolute atomic E-state index is 0.203. The van der Waals surface area contributed by atoms with Gasteiger partial charge in [0.2, 0.25) is 0 Å². The van der Waals surface area contributed by atoms with E-state index in [9.17, 15) is 4.79 Å². The summed E-state index contributed by atoms with van der Waals surface area (Å²) in [6.45, 7) is 1.79. The van der Waals surface area contributed by atoms with Gasteiger partial charge >= 0.3 is 0 Å². The lowest BCUT2D eigenvalue weighted by atomic mass is 10.0. The summed E-state index contributed by atoms with van der Waals surface area (Å²) < 4.78 is 5.29. The molecule has 0 aliphatic heterocycles. The number of carbonyl (C=O) groups excluding carboxylic acids is 1. The Morgan fingerprint density at radius 1 is 1.19 bits per heavy atom. The number of Topliss-reactive ketones (excluding diaryl/α,β-unsaturated/α-hetero) is 1. The Kier molecular flexibility index (Phi) is 5.21. The van der Waals surface area contributed by atoms with Crippen LogP contribution in [0.4, 0.5) is 5.69 Å². The summed E-state index contributed by atoms with van der Waals surface area (Å²) in [7, 11) is 0. The van der Waals surface area contributed by atoms with Crippen molar-refractivity contribution < 1.29 is 9.32 Å².